The number of hydrogen-bond donors (Lipinski definition) is 1. The minimum absolute atomic E-state index is 0.0484. The molecule has 0 aliphatic heterocycles. The molecule has 0 atom stereocenters. The standard InChI is InChI=1S/C18H20N2O5/c1-24-17(22)20(12-2-3-14-4-6-16(21)7-5-14)18(23)25-13-15-8-10-19-11-9-15/h4-11,21H,2-3,12-13H2,1H3. The molecular formula is C18H20N2O5. The number of methoxy groups -OCH3 is 1. The average Bonchev–Trinajstić information content (AvgIpc) is 2.65. The minimum atomic E-state index is -0.759. The van der Waals surface area contributed by atoms with Crippen molar-refractivity contribution in [2.24, 2.45) is 0 Å². The van der Waals surface area contributed by atoms with E-state index >= 15 is 0 Å². The second kappa shape index (κ2) is 9.27. The Morgan fingerprint density at radius 3 is 2.36 bits per heavy atom. The summed E-state index contributed by atoms with van der Waals surface area (Å²) < 4.78 is 9.80. The Morgan fingerprint density at radius 2 is 1.72 bits per heavy atom. The van der Waals surface area contributed by atoms with Crippen molar-refractivity contribution in [3.8, 4) is 5.75 Å². The van der Waals surface area contributed by atoms with E-state index in [4.69, 9.17) is 4.74 Å². The molecular weight excluding hydrogens is 324 g/mol. The number of pyridine rings is 1. The molecule has 0 aliphatic rings. The average molecular weight is 344 g/mol. The number of amides is 2. The molecule has 0 spiro atoms. The van der Waals surface area contributed by atoms with E-state index in [9.17, 15) is 14.7 Å². The molecule has 0 saturated heterocycles. The highest BCUT2D eigenvalue weighted by Crippen LogP contribution is 2.12. The number of aryl methyl sites for hydroxylation is 1. The van der Waals surface area contributed by atoms with Crippen LogP contribution in [0.3, 0.4) is 0 Å². The molecule has 0 fully saturated rings. The van der Waals surface area contributed by atoms with E-state index in [0.29, 0.717) is 12.8 Å². The van der Waals surface area contributed by atoms with Gasteiger partial charge in [-0.3, -0.25) is 4.98 Å². The number of ether oxygens (including phenoxy) is 2. The number of imide groups is 1. The number of aromatic hydroxyl groups is 1. The molecule has 2 aromatic rings. The molecule has 0 aliphatic carbocycles. The summed E-state index contributed by atoms with van der Waals surface area (Å²) in [6.45, 7) is 0.218. The van der Waals surface area contributed by atoms with Gasteiger partial charge < -0.3 is 14.6 Å². The third-order valence-electron chi connectivity index (χ3n) is 3.51. The van der Waals surface area contributed by atoms with Crippen LogP contribution in [0.25, 0.3) is 0 Å². The lowest BCUT2D eigenvalue weighted by molar-refractivity contribution is 0.0817. The third-order valence-corrected chi connectivity index (χ3v) is 3.51. The number of aromatic nitrogens is 1. The summed E-state index contributed by atoms with van der Waals surface area (Å²) in [5.74, 6) is 0.194. The van der Waals surface area contributed by atoms with Crippen molar-refractivity contribution < 1.29 is 24.2 Å². The quantitative estimate of drug-likeness (QED) is 0.866. The fourth-order valence-corrected chi connectivity index (χ4v) is 2.17. The van der Waals surface area contributed by atoms with E-state index in [2.05, 4.69) is 9.72 Å². The highest BCUT2D eigenvalue weighted by Gasteiger charge is 2.23. The van der Waals surface area contributed by atoms with E-state index < -0.39 is 12.2 Å². The maximum Gasteiger partial charge on any atom is 0.419 e. The van der Waals surface area contributed by atoms with Crippen LogP contribution in [0.1, 0.15) is 17.5 Å². The van der Waals surface area contributed by atoms with E-state index in [0.717, 1.165) is 16.0 Å². The SMILES string of the molecule is COC(=O)N(CCCc1ccc(O)cc1)C(=O)OCc1ccncc1. The van der Waals surface area contributed by atoms with Crippen molar-refractivity contribution in [1.82, 2.24) is 9.88 Å². The smallest absolute Gasteiger partial charge is 0.419 e. The lowest BCUT2D eigenvalue weighted by Gasteiger charge is -2.19. The van der Waals surface area contributed by atoms with Gasteiger partial charge in [0.2, 0.25) is 0 Å². The van der Waals surface area contributed by atoms with Crippen molar-refractivity contribution in [3.05, 3.63) is 59.9 Å². The molecule has 25 heavy (non-hydrogen) atoms. The molecule has 0 bridgehead atoms. The second-order valence-corrected chi connectivity index (χ2v) is 5.30. The molecule has 0 radical (unpaired) electrons. The van der Waals surface area contributed by atoms with Crippen LogP contribution in [0.2, 0.25) is 0 Å². The molecule has 2 rings (SSSR count). The number of phenols is 1. The summed E-state index contributed by atoms with van der Waals surface area (Å²) >= 11 is 0. The summed E-state index contributed by atoms with van der Waals surface area (Å²) in [4.78, 5) is 28.8. The molecule has 7 heteroatoms. The van der Waals surface area contributed by atoms with Gasteiger partial charge in [-0.05, 0) is 48.2 Å². The number of rotatable bonds is 6. The van der Waals surface area contributed by atoms with Crippen LogP contribution < -0.4 is 0 Å². The van der Waals surface area contributed by atoms with Gasteiger partial charge in [-0.1, -0.05) is 12.1 Å². The van der Waals surface area contributed by atoms with Crippen LogP contribution in [0.4, 0.5) is 9.59 Å². The molecule has 2 amide bonds. The Bertz CT molecular complexity index is 688. The zero-order valence-corrected chi connectivity index (χ0v) is 13.9. The monoisotopic (exact) mass is 344 g/mol. The largest absolute Gasteiger partial charge is 0.508 e. The Hall–Kier alpha value is -3.09. The Balaban J connectivity index is 1.87. The number of carbonyl (C=O) groups is 2. The first-order valence-electron chi connectivity index (χ1n) is 7.79. The van der Waals surface area contributed by atoms with E-state index in [1.54, 1.807) is 48.8 Å². The second-order valence-electron chi connectivity index (χ2n) is 5.30. The van der Waals surface area contributed by atoms with Gasteiger partial charge in [0.25, 0.3) is 0 Å². The first-order chi connectivity index (χ1) is 12.1. The number of hydrogen-bond acceptors (Lipinski definition) is 6. The van der Waals surface area contributed by atoms with Crippen molar-refractivity contribution in [3.63, 3.8) is 0 Å². The van der Waals surface area contributed by atoms with Crippen LogP contribution >= 0.6 is 0 Å². The zero-order chi connectivity index (χ0) is 18.1. The van der Waals surface area contributed by atoms with E-state index in [-0.39, 0.29) is 18.9 Å². The van der Waals surface area contributed by atoms with Crippen LogP contribution in [-0.2, 0) is 22.5 Å². The molecule has 1 aromatic heterocycles. The van der Waals surface area contributed by atoms with Gasteiger partial charge in [-0.15, -0.1) is 0 Å². The summed E-state index contributed by atoms with van der Waals surface area (Å²) in [6, 6.07) is 10.2. The lowest BCUT2D eigenvalue weighted by Crippen LogP contribution is -2.38. The molecule has 0 unspecified atom stereocenters. The minimum Gasteiger partial charge on any atom is -0.508 e. The van der Waals surface area contributed by atoms with Gasteiger partial charge in [-0.2, -0.15) is 0 Å². The topological polar surface area (TPSA) is 89.0 Å². The Labute approximate surface area is 145 Å². The number of carbonyl (C=O) groups excluding carboxylic acids is 2. The van der Waals surface area contributed by atoms with Crippen molar-refractivity contribution in [2.45, 2.75) is 19.4 Å². The lowest BCUT2D eigenvalue weighted by atomic mass is 10.1. The normalized spacial score (nSPS) is 10.1. The summed E-state index contributed by atoms with van der Waals surface area (Å²) in [6.07, 6.45) is 2.87. The van der Waals surface area contributed by atoms with E-state index in [1.165, 1.54) is 7.11 Å². The molecule has 1 aromatic carbocycles. The molecule has 1 N–H and O–H groups in total. The number of phenolic OH excluding ortho intramolecular Hbond substituents is 1. The Morgan fingerprint density at radius 1 is 1.04 bits per heavy atom. The molecule has 132 valence electrons. The first-order valence-corrected chi connectivity index (χ1v) is 7.79. The van der Waals surface area contributed by atoms with Crippen LogP contribution in [0, 0.1) is 0 Å². The van der Waals surface area contributed by atoms with Crippen LogP contribution in [-0.4, -0.2) is 40.8 Å². The Kier molecular flexibility index (Phi) is 6.76. The van der Waals surface area contributed by atoms with Gasteiger partial charge >= 0.3 is 12.2 Å². The maximum absolute atomic E-state index is 12.2. The molecule has 1 heterocycles. The maximum atomic E-state index is 12.2. The fourth-order valence-electron chi connectivity index (χ4n) is 2.17. The van der Waals surface area contributed by atoms with Gasteiger partial charge in [0.1, 0.15) is 12.4 Å². The zero-order valence-electron chi connectivity index (χ0n) is 13.9. The highest BCUT2D eigenvalue weighted by molar-refractivity contribution is 5.87. The van der Waals surface area contributed by atoms with E-state index in [1.807, 2.05) is 0 Å². The van der Waals surface area contributed by atoms with Gasteiger partial charge in [0.15, 0.2) is 0 Å². The van der Waals surface area contributed by atoms with Gasteiger partial charge in [-0.25, -0.2) is 14.5 Å². The summed E-state index contributed by atoms with van der Waals surface area (Å²) in [7, 11) is 1.21. The van der Waals surface area contributed by atoms with Gasteiger partial charge in [0, 0.05) is 18.9 Å². The van der Waals surface area contributed by atoms with Crippen LogP contribution in [0.15, 0.2) is 48.8 Å². The van der Waals surface area contributed by atoms with Crippen molar-refractivity contribution in [2.75, 3.05) is 13.7 Å². The predicted molar refractivity (Wildman–Crippen MR) is 90.0 cm³/mol. The number of benzene rings is 1. The number of nitrogens with zero attached hydrogens (tertiary/aromatic N) is 2. The van der Waals surface area contributed by atoms with Crippen LogP contribution in [0.5, 0.6) is 5.75 Å². The first kappa shape index (κ1) is 18.3. The third kappa shape index (κ3) is 5.80. The summed E-state index contributed by atoms with van der Waals surface area (Å²) in [5, 5.41) is 9.27. The van der Waals surface area contributed by atoms with Crippen molar-refractivity contribution in [1.29, 1.82) is 0 Å². The van der Waals surface area contributed by atoms with Gasteiger partial charge in [0.05, 0.1) is 7.11 Å². The fraction of sp³-hybridized carbons (Fsp3) is 0.278. The highest BCUT2D eigenvalue weighted by atomic mass is 16.6. The predicted octanol–water partition coefficient (Wildman–Crippen LogP) is 3.13. The van der Waals surface area contributed by atoms with Crippen molar-refractivity contribution >= 4 is 12.2 Å². The molecule has 7 nitrogen and oxygen atoms in total. The molecule has 0 saturated carbocycles. The summed E-state index contributed by atoms with van der Waals surface area (Å²) in [5.41, 5.74) is 1.77.